The Hall–Kier alpha value is -1.63. The summed E-state index contributed by atoms with van der Waals surface area (Å²) in [5.74, 6) is 1.48. The number of rotatable bonds is 5. The van der Waals surface area contributed by atoms with E-state index in [1.54, 1.807) is 11.3 Å². The lowest BCUT2D eigenvalue weighted by Gasteiger charge is -2.25. The molecule has 1 saturated heterocycles. The number of aromatic nitrogens is 1. The molecule has 6 heteroatoms. The van der Waals surface area contributed by atoms with Gasteiger partial charge in [0.25, 0.3) is 0 Å². The molecule has 1 atom stereocenters. The lowest BCUT2D eigenvalue weighted by Crippen LogP contribution is -2.36. The maximum atomic E-state index is 5.73. The summed E-state index contributed by atoms with van der Waals surface area (Å²) in [6.45, 7) is 6.05. The normalized spacial score (nSPS) is 20.3. The van der Waals surface area contributed by atoms with Crippen LogP contribution in [0.3, 0.4) is 0 Å². The van der Waals surface area contributed by atoms with Gasteiger partial charge in [0.1, 0.15) is 5.75 Å². The zero-order chi connectivity index (χ0) is 15.5. The van der Waals surface area contributed by atoms with Gasteiger partial charge in [0.05, 0.1) is 19.8 Å². The quantitative estimate of drug-likeness (QED) is 0.910. The lowest BCUT2D eigenvalue weighted by molar-refractivity contribution is 0.122. The first kappa shape index (κ1) is 14.9. The molecule has 1 aromatic heterocycles. The van der Waals surface area contributed by atoms with Crippen LogP contribution in [0.1, 0.15) is 16.4 Å². The molecule has 1 N–H and O–H groups in total. The van der Waals surface area contributed by atoms with Crippen LogP contribution < -0.4 is 15.0 Å². The Morgan fingerprint density at radius 1 is 1.26 bits per heavy atom. The minimum atomic E-state index is 0.442. The van der Waals surface area contributed by atoms with Gasteiger partial charge in [-0.2, -0.15) is 0 Å². The van der Waals surface area contributed by atoms with Crippen molar-refractivity contribution in [2.45, 2.75) is 12.5 Å². The van der Waals surface area contributed by atoms with Gasteiger partial charge in [-0.25, -0.2) is 4.98 Å². The van der Waals surface area contributed by atoms with Crippen LogP contribution in [0.25, 0.3) is 0 Å². The minimum absolute atomic E-state index is 0.442. The van der Waals surface area contributed by atoms with Crippen molar-refractivity contribution >= 4 is 16.5 Å². The molecule has 0 saturated carbocycles. The topological polar surface area (TPSA) is 46.6 Å². The molecule has 3 heterocycles. The average molecular weight is 331 g/mol. The van der Waals surface area contributed by atoms with Crippen LogP contribution in [0.4, 0.5) is 5.13 Å². The van der Waals surface area contributed by atoms with E-state index in [-0.39, 0.29) is 0 Å². The van der Waals surface area contributed by atoms with Crippen molar-refractivity contribution in [1.82, 2.24) is 10.3 Å². The molecule has 23 heavy (non-hydrogen) atoms. The Morgan fingerprint density at radius 2 is 2.13 bits per heavy atom. The summed E-state index contributed by atoms with van der Waals surface area (Å²) in [6, 6.07) is 8.32. The van der Waals surface area contributed by atoms with Gasteiger partial charge in [-0.15, -0.1) is 11.3 Å². The van der Waals surface area contributed by atoms with Crippen LogP contribution in [-0.4, -0.2) is 44.4 Å². The SMILES string of the molecule is c1ccc2c(c1)OCC2CNCc1cnc(N2CCOCC2)s1. The van der Waals surface area contributed by atoms with Gasteiger partial charge in [0.15, 0.2) is 5.13 Å². The number of hydrogen-bond donors (Lipinski definition) is 1. The Kier molecular flexibility index (Phi) is 4.46. The molecular formula is C17H21N3O2S. The highest BCUT2D eigenvalue weighted by Gasteiger charge is 2.23. The van der Waals surface area contributed by atoms with Crippen molar-refractivity contribution in [3.8, 4) is 5.75 Å². The van der Waals surface area contributed by atoms with Crippen molar-refractivity contribution in [2.75, 3.05) is 44.4 Å². The number of thiazole rings is 1. The Morgan fingerprint density at radius 3 is 3.04 bits per heavy atom. The number of morpholine rings is 1. The first-order chi connectivity index (χ1) is 11.4. The highest BCUT2D eigenvalue weighted by molar-refractivity contribution is 7.15. The Balaban J connectivity index is 1.29. The molecule has 122 valence electrons. The second-order valence-corrected chi connectivity index (χ2v) is 6.98. The number of para-hydroxylation sites is 1. The fourth-order valence-electron chi connectivity index (χ4n) is 3.05. The van der Waals surface area contributed by atoms with E-state index in [1.165, 1.54) is 10.4 Å². The highest BCUT2D eigenvalue weighted by Crippen LogP contribution is 2.33. The second kappa shape index (κ2) is 6.86. The van der Waals surface area contributed by atoms with E-state index in [1.807, 2.05) is 18.3 Å². The zero-order valence-electron chi connectivity index (χ0n) is 13.0. The van der Waals surface area contributed by atoms with E-state index in [4.69, 9.17) is 9.47 Å². The molecule has 4 rings (SSSR count). The third-order valence-corrected chi connectivity index (χ3v) is 5.37. The summed E-state index contributed by atoms with van der Waals surface area (Å²) in [6.07, 6.45) is 1.99. The molecule has 2 aromatic rings. The predicted octanol–water partition coefficient (Wildman–Crippen LogP) is 2.25. The van der Waals surface area contributed by atoms with E-state index in [2.05, 4.69) is 27.3 Å². The molecule has 2 aliphatic heterocycles. The molecule has 2 aliphatic rings. The second-order valence-electron chi connectivity index (χ2n) is 5.89. The first-order valence-electron chi connectivity index (χ1n) is 8.10. The number of fused-ring (bicyclic) bond motifs is 1. The smallest absolute Gasteiger partial charge is 0.185 e. The van der Waals surface area contributed by atoms with Crippen molar-refractivity contribution in [3.05, 3.63) is 40.9 Å². The number of anilines is 1. The van der Waals surface area contributed by atoms with Gasteiger partial charge in [-0.1, -0.05) is 18.2 Å². The summed E-state index contributed by atoms with van der Waals surface area (Å²) in [5, 5.41) is 4.66. The largest absolute Gasteiger partial charge is 0.493 e. The van der Waals surface area contributed by atoms with Gasteiger partial charge in [0.2, 0.25) is 0 Å². The molecule has 5 nitrogen and oxygen atoms in total. The van der Waals surface area contributed by atoms with E-state index in [0.717, 1.165) is 56.9 Å². The molecule has 0 bridgehead atoms. The van der Waals surface area contributed by atoms with Gasteiger partial charge in [0, 0.05) is 48.7 Å². The molecule has 0 spiro atoms. The number of nitrogens with zero attached hydrogens (tertiary/aromatic N) is 2. The number of nitrogens with one attached hydrogen (secondary N) is 1. The highest BCUT2D eigenvalue weighted by atomic mass is 32.1. The maximum Gasteiger partial charge on any atom is 0.185 e. The van der Waals surface area contributed by atoms with E-state index >= 15 is 0 Å². The zero-order valence-corrected chi connectivity index (χ0v) is 13.8. The van der Waals surface area contributed by atoms with E-state index in [0.29, 0.717) is 5.92 Å². The Bertz CT molecular complexity index is 655. The number of benzene rings is 1. The molecule has 0 amide bonds. The first-order valence-corrected chi connectivity index (χ1v) is 8.91. The number of ether oxygens (including phenoxy) is 2. The Labute approximate surface area is 140 Å². The summed E-state index contributed by atoms with van der Waals surface area (Å²) in [7, 11) is 0. The lowest BCUT2D eigenvalue weighted by atomic mass is 10.0. The monoisotopic (exact) mass is 331 g/mol. The molecule has 0 aliphatic carbocycles. The van der Waals surface area contributed by atoms with E-state index in [9.17, 15) is 0 Å². The van der Waals surface area contributed by atoms with Crippen LogP contribution in [0.15, 0.2) is 30.5 Å². The summed E-state index contributed by atoms with van der Waals surface area (Å²) >= 11 is 1.77. The van der Waals surface area contributed by atoms with Gasteiger partial charge in [-0.05, 0) is 6.07 Å². The molecule has 1 aromatic carbocycles. The van der Waals surface area contributed by atoms with Crippen LogP contribution in [0, 0.1) is 0 Å². The fourth-order valence-corrected chi connectivity index (χ4v) is 3.98. The van der Waals surface area contributed by atoms with Gasteiger partial charge < -0.3 is 19.7 Å². The van der Waals surface area contributed by atoms with Gasteiger partial charge in [-0.3, -0.25) is 0 Å². The summed E-state index contributed by atoms with van der Waals surface area (Å²) in [5.41, 5.74) is 1.32. The van der Waals surface area contributed by atoms with Crippen LogP contribution in [0.5, 0.6) is 5.75 Å². The molecule has 1 fully saturated rings. The van der Waals surface area contributed by atoms with Crippen molar-refractivity contribution in [2.24, 2.45) is 0 Å². The summed E-state index contributed by atoms with van der Waals surface area (Å²) < 4.78 is 11.1. The standard InChI is InChI=1S/C17H21N3O2S/c1-2-4-16-15(3-1)13(12-22-16)9-18-10-14-11-19-17(23-14)20-5-7-21-8-6-20/h1-4,11,13,18H,5-10,12H2. The fraction of sp³-hybridized carbons (Fsp3) is 0.471. The molecule has 0 radical (unpaired) electrons. The van der Waals surface area contributed by atoms with Crippen LogP contribution in [0.2, 0.25) is 0 Å². The molecular weight excluding hydrogens is 310 g/mol. The van der Waals surface area contributed by atoms with Crippen molar-refractivity contribution in [1.29, 1.82) is 0 Å². The van der Waals surface area contributed by atoms with Crippen LogP contribution in [-0.2, 0) is 11.3 Å². The predicted molar refractivity (Wildman–Crippen MR) is 91.5 cm³/mol. The van der Waals surface area contributed by atoms with Crippen LogP contribution >= 0.6 is 11.3 Å². The molecule has 1 unspecified atom stereocenters. The third kappa shape index (κ3) is 3.34. The maximum absolute atomic E-state index is 5.73. The summed E-state index contributed by atoms with van der Waals surface area (Å²) in [4.78, 5) is 8.13. The third-order valence-electron chi connectivity index (χ3n) is 4.31. The van der Waals surface area contributed by atoms with E-state index < -0.39 is 0 Å². The van der Waals surface area contributed by atoms with Gasteiger partial charge >= 0.3 is 0 Å². The minimum Gasteiger partial charge on any atom is -0.493 e. The van der Waals surface area contributed by atoms with Crippen molar-refractivity contribution < 1.29 is 9.47 Å². The van der Waals surface area contributed by atoms with Crippen molar-refractivity contribution in [3.63, 3.8) is 0 Å². The average Bonchev–Trinajstić information content (AvgIpc) is 3.23. The number of hydrogen-bond acceptors (Lipinski definition) is 6.